The number of hydrogen-bond donors (Lipinski definition) is 4. The molecule has 10 nitrogen and oxygen atoms in total. The molecule has 0 spiro atoms. The summed E-state index contributed by atoms with van der Waals surface area (Å²) in [7, 11) is -8.43. The van der Waals surface area contributed by atoms with Gasteiger partial charge in [-0.3, -0.25) is 8.37 Å². The third-order valence-corrected chi connectivity index (χ3v) is 6.58. The zero-order valence-electron chi connectivity index (χ0n) is 15.6. The average molecular weight is 462 g/mol. The van der Waals surface area contributed by atoms with Gasteiger partial charge >= 0.3 is 0 Å². The number of hydrogen-bond acceptors (Lipinski definition) is 10. The summed E-state index contributed by atoms with van der Waals surface area (Å²) in [5.41, 5.74) is 0. The van der Waals surface area contributed by atoms with Crippen LogP contribution >= 0.6 is 0 Å². The van der Waals surface area contributed by atoms with Crippen LogP contribution in [0.5, 0.6) is 0 Å². The Labute approximate surface area is 174 Å². The Morgan fingerprint density at radius 1 is 0.600 bits per heavy atom. The van der Waals surface area contributed by atoms with Gasteiger partial charge in [0.1, 0.15) is 24.4 Å². The van der Waals surface area contributed by atoms with Crippen LogP contribution in [0, 0.1) is 0 Å². The van der Waals surface area contributed by atoms with Gasteiger partial charge in [0.15, 0.2) is 0 Å². The Morgan fingerprint density at radius 2 is 0.900 bits per heavy atom. The number of aliphatic hydroxyl groups is 4. The summed E-state index contributed by atoms with van der Waals surface area (Å²) < 4.78 is 57.3. The molecule has 0 aliphatic rings. The van der Waals surface area contributed by atoms with Crippen LogP contribution < -0.4 is 0 Å². The summed E-state index contributed by atoms with van der Waals surface area (Å²) in [5.74, 6) is 0. The molecule has 2 rings (SSSR count). The maximum atomic E-state index is 12.0. The van der Waals surface area contributed by atoms with Crippen LogP contribution in [0.15, 0.2) is 70.5 Å². The van der Waals surface area contributed by atoms with E-state index in [1.54, 1.807) is 12.1 Å². The molecule has 166 valence electrons. The van der Waals surface area contributed by atoms with Crippen LogP contribution in [0.4, 0.5) is 0 Å². The molecule has 30 heavy (non-hydrogen) atoms. The molecule has 0 bridgehead atoms. The van der Waals surface area contributed by atoms with Crippen molar-refractivity contribution in [3.8, 4) is 0 Å². The van der Waals surface area contributed by atoms with Gasteiger partial charge in [-0.1, -0.05) is 36.4 Å². The number of benzene rings is 2. The highest BCUT2D eigenvalue weighted by molar-refractivity contribution is 7.87. The maximum absolute atomic E-state index is 12.0. The van der Waals surface area contributed by atoms with Crippen molar-refractivity contribution in [3.63, 3.8) is 0 Å². The minimum Gasteiger partial charge on any atom is -0.388 e. The summed E-state index contributed by atoms with van der Waals surface area (Å²) in [5, 5.41) is 39.6. The first kappa shape index (κ1) is 24.4. The van der Waals surface area contributed by atoms with E-state index < -0.39 is 57.9 Å². The molecule has 0 fully saturated rings. The lowest BCUT2D eigenvalue weighted by Crippen LogP contribution is -2.48. The summed E-state index contributed by atoms with van der Waals surface area (Å²) in [6.07, 6.45) is -7.90. The molecule has 4 atom stereocenters. The van der Waals surface area contributed by atoms with Gasteiger partial charge in [-0.05, 0) is 24.3 Å². The Hall–Kier alpha value is -1.90. The van der Waals surface area contributed by atoms with Gasteiger partial charge in [-0.15, -0.1) is 0 Å². The van der Waals surface area contributed by atoms with Crippen molar-refractivity contribution >= 4 is 20.2 Å². The molecule has 0 amide bonds. The van der Waals surface area contributed by atoms with E-state index in [-0.39, 0.29) is 9.79 Å². The second-order valence-corrected chi connectivity index (χ2v) is 9.45. The molecule has 0 aromatic heterocycles. The predicted octanol–water partition coefficient (Wildman–Crippen LogP) is -0.759. The average Bonchev–Trinajstić information content (AvgIpc) is 2.76. The van der Waals surface area contributed by atoms with E-state index in [1.807, 2.05) is 0 Å². The largest absolute Gasteiger partial charge is 0.388 e. The normalized spacial score (nSPS) is 16.5. The highest BCUT2D eigenvalue weighted by Gasteiger charge is 2.33. The molecule has 0 saturated heterocycles. The lowest BCUT2D eigenvalue weighted by molar-refractivity contribution is -0.118. The second kappa shape index (κ2) is 10.4. The number of rotatable bonds is 11. The van der Waals surface area contributed by atoms with Crippen molar-refractivity contribution < 1.29 is 45.6 Å². The minimum atomic E-state index is -4.21. The highest BCUT2D eigenvalue weighted by Crippen LogP contribution is 2.15. The van der Waals surface area contributed by atoms with Crippen LogP contribution in [0.25, 0.3) is 0 Å². The molecule has 0 saturated carbocycles. The summed E-state index contributed by atoms with van der Waals surface area (Å²) in [6.45, 7) is -1.82. The molecule has 4 N–H and O–H groups in total. The fourth-order valence-electron chi connectivity index (χ4n) is 2.28. The van der Waals surface area contributed by atoms with Crippen molar-refractivity contribution in [2.45, 2.75) is 34.2 Å². The van der Waals surface area contributed by atoms with Gasteiger partial charge in [0.05, 0.1) is 23.0 Å². The quantitative estimate of drug-likeness (QED) is 0.312. The molecule has 4 unspecified atom stereocenters. The van der Waals surface area contributed by atoms with E-state index in [4.69, 9.17) is 0 Å². The summed E-state index contributed by atoms with van der Waals surface area (Å²) in [6, 6.07) is 14.1. The van der Waals surface area contributed by atoms with Crippen molar-refractivity contribution in [2.24, 2.45) is 0 Å². The third-order valence-electron chi connectivity index (χ3n) is 3.99. The van der Waals surface area contributed by atoms with Crippen LogP contribution in [-0.4, -0.2) is 74.9 Å². The first-order chi connectivity index (χ1) is 14.0. The molecule has 0 aliphatic heterocycles. The molecule has 12 heteroatoms. The first-order valence-corrected chi connectivity index (χ1v) is 11.5. The van der Waals surface area contributed by atoms with E-state index in [1.165, 1.54) is 48.5 Å². The molecule has 2 aromatic rings. The lowest BCUT2D eigenvalue weighted by Gasteiger charge is -2.26. The van der Waals surface area contributed by atoms with Gasteiger partial charge in [0, 0.05) is 0 Å². The molecule has 0 heterocycles. The Morgan fingerprint density at radius 3 is 1.20 bits per heavy atom. The van der Waals surface area contributed by atoms with E-state index in [2.05, 4.69) is 8.37 Å². The van der Waals surface area contributed by atoms with Gasteiger partial charge in [-0.2, -0.15) is 16.8 Å². The summed E-state index contributed by atoms with van der Waals surface area (Å²) >= 11 is 0. The fourth-order valence-corrected chi connectivity index (χ4v) is 4.17. The van der Waals surface area contributed by atoms with Crippen LogP contribution in [-0.2, 0) is 28.6 Å². The van der Waals surface area contributed by atoms with Crippen LogP contribution in [0.1, 0.15) is 0 Å². The lowest BCUT2D eigenvalue weighted by atomic mass is 10.0. The number of aliphatic hydroxyl groups excluding tert-OH is 4. The first-order valence-electron chi connectivity index (χ1n) is 8.66. The van der Waals surface area contributed by atoms with Gasteiger partial charge < -0.3 is 20.4 Å². The topological polar surface area (TPSA) is 168 Å². The Bertz CT molecular complexity index is 910. The standard InChI is InChI=1S/C18H22O10S2/c19-15(11-27-29(23,24)13-7-3-1-4-8-13)17(21)18(22)16(20)12-28-30(25,26)14-9-5-2-6-10-14/h1-10,15-22H,11-12H2. The Kier molecular flexibility index (Phi) is 8.46. The third kappa shape index (κ3) is 6.55. The van der Waals surface area contributed by atoms with Crippen molar-refractivity contribution in [1.29, 1.82) is 0 Å². The highest BCUT2D eigenvalue weighted by atomic mass is 32.2. The molecular formula is C18H22O10S2. The summed E-state index contributed by atoms with van der Waals surface area (Å²) in [4.78, 5) is -0.349. The minimum absolute atomic E-state index is 0.174. The zero-order chi connectivity index (χ0) is 22.4. The Balaban J connectivity index is 1.90. The predicted molar refractivity (Wildman–Crippen MR) is 103 cm³/mol. The smallest absolute Gasteiger partial charge is 0.297 e. The van der Waals surface area contributed by atoms with Crippen LogP contribution in [0.2, 0.25) is 0 Å². The van der Waals surface area contributed by atoms with Gasteiger partial charge in [0.25, 0.3) is 20.2 Å². The SMILES string of the molecule is O=S(=O)(OCC(O)C(O)C(O)C(O)COS(=O)(=O)c1ccccc1)c1ccccc1. The van der Waals surface area contributed by atoms with E-state index in [9.17, 15) is 37.3 Å². The molecule has 0 radical (unpaired) electrons. The van der Waals surface area contributed by atoms with E-state index >= 15 is 0 Å². The van der Waals surface area contributed by atoms with Crippen molar-refractivity contribution in [1.82, 2.24) is 0 Å². The zero-order valence-corrected chi connectivity index (χ0v) is 17.2. The van der Waals surface area contributed by atoms with E-state index in [0.29, 0.717) is 0 Å². The van der Waals surface area contributed by atoms with Crippen LogP contribution in [0.3, 0.4) is 0 Å². The van der Waals surface area contributed by atoms with Crippen molar-refractivity contribution in [2.75, 3.05) is 13.2 Å². The van der Waals surface area contributed by atoms with E-state index in [0.717, 1.165) is 0 Å². The molecule has 0 aliphatic carbocycles. The second-order valence-electron chi connectivity index (χ2n) is 6.22. The fraction of sp³-hybridized carbons (Fsp3) is 0.333. The van der Waals surface area contributed by atoms with Gasteiger partial charge in [0.2, 0.25) is 0 Å². The van der Waals surface area contributed by atoms with Crippen molar-refractivity contribution in [3.05, 3.63) is 60.7 Å². The monoisotopic (exact) mass is 462 g/mol. The molecular weight excluding hydrogens is 440 g/mol. The maximum Gasteiger partial charge on any atom is 0.297 e. The molecule has 2 aromatic carbocycles. The van der Waals surface area contributed by atoms with Gasteiger partial charge in [-0.25, -0.2) is 0 Å².